The van der Waals surface area contributed by atoms with Crippen molar-refractivity contribution in [1.82, 2.24) is 4.90 Å². The van der Waals surface area contributed by atoms with Crippen LogP contribution in [0, 0.1) is 0 Å². The summed E-state index contributed by atoms with van der Waals surface area (Å²) in [5.74, 6) is 1.86. The first-order chi connectivity index (χ1) is 12.4. The van der Waals surface area contributed by atoms with Gasteiger partial charge in [-0.2, -0.15) is 0 Å². The molecule has 7 heteroatoms. The summed E-state index contributed by atoms with van der Waals surface area (Å²) < 4.78 is 34.3. The smallest absolute Gasteiger partial charge is 0.223 e. The summed E-state index contributed by atoms with van der Waals surface area (Å²) in [7, 11) is 0.229. The van der Waals surface area contributed by atoms with E-state index in [2.05, 4.69) is 0 Å². The first-order valence-electron chi connectivity index (χ1n) is 9.13. The van der Waals surface area contributed by atoms with Crippen LogP contribution < -0.4 is 9.47 Å². The molecule has 1 aliphatic heterocycles. The van der Waals surface area contributed by atoms with E-state index in [0.717, 1.165) is 18.4 Å². The number of hydrogen-bond donors (Lipinski definition) is 0. The van der Waals surface area contributed by atoms with Gasteiger partial charge in [0.15, 0.2) is 21.3 Å². The topological polar surface area (TPSA) is 72.9 Å². The second-order valence-electron chi connectivity index (χ2n) is 7.08. The highest BCUT2D eigenvalue weighted by Gasteiger charge is 2.35. The number of amides is 1. The molecule has 0 aromatic heterocycles. The van der Waals surface area contributed by atoms with Crippen molar-refractivity contribution in [2.75, 3.05) is 32.3 Å². The molecule has 144 valence electrons. The van der Waals surface area contributed by atoms with Gasteiger partial charge in [-0.25, -0.2) is 8.42 Å². The summed E-state index contributed by atoms with van der Waals surface area (Å²) >= 11 is 0. The molecule has 1 aromatic rings. The molecule has 0 radical (unpaired) electrons. The van der Waals surface area contributed by atoms with Gasteiger partial charge in [0, 0.05) is 19.0 Å². The maximum atomic E-state index is 12.9. The maximum Gasteiger partial charge on any atom is 0.223 e. The Morgan fingerprint density at radius 3 is 2.46 bits per heavy atom. The molecule has 0 saturated carbocycles. The lowest BCUT2D eigenvalue weighted by Gasteiger charge is -2.28. The van der Waals surface area contributed by atoms with Crippen molar-refractivity contribution < 1.29 is 22.7 Å². The molecular formula is C19H27NO5S. The normalized spacial score (nSPS) is 23.5. The molecule has 2 atom stereocenters. The van der Waals surface area contributed by atoms with E-state index >= 15 is 0 Å². The van der Waals surface area contributed by atoms with Gasteiger partial charge in [0.05, 0.1) is 25.7 Å². The van der Waals surface area contributed by atoms with E-state index in [9.17, 15) is 13.2 Å². The zero-order chi connectivity index (χ0) is 18.9. The molecule has 0 spiro atoms. The third kappa shape index (κ3) is 3.68. The molecule has 1 fully saturated rings. The van der Waals surface area contributed by atoms with E-state index in [1.807, 2.05) is 19.1 Å². The van der Waals surface area contributed by atoms with Crippen molar-refractivity contribution in [3.05, 3.63) is 23.3 Å². The number of sulfone groups is 1. The fraction of sp³-hybridized carbons (Fsp3) is 0.632. The SMILES string of the molecule is CCN(C(=O)CC1CCc2cc(OC)c(OC)cc21)C1CCS(=O)(=O)C1. The van der Waals surface area contributed by atoms with Gasteiger partial charge < -0.3 is 14.4 Å². The van der Waals surface area contributed by atoms with Crippen LogP contribution in [0.15, 0.2) is 12.1 Å². The predicted molar refractivity (Wildman–Crippen MR) is 99.7 cm³/mol. The van der Waals surface area contributed by atoms with Crippen molar-refractivity contribution in [3.63, 3.8) is 0 Å². The molecule has 0 bridgehead atoms. The van der Waals surface area contributed by atoms with Crippen molar-refractivity contribution >= 4 is 15.7 Å². The number of rotatable bonds is 6. The largest absolute Gasteiger partial charge is 0.493 e. The second-order valence-corrected chi connectivity index (χ2v) is 9.31. The van der Waals surface area contributed by atoms with Crippen molar-refractivity contribution in [3.8, 4) is 11.5 Å². The molecule has 1 saturated heterocycles. The van der Waals surface area contributed by atoms with Crippen molar-refractivity contribution in [1.29, 1.82) is 0 Å². The minimum Gasteiger partial charge on any atom is -0.493 e. The molecule has 1 heterocycles. The maximum absolute atomic E-state index is 12.9. The van der Waals surface area contributed by atoms with E-state index in [1.165, 1.54) is 5.56 Å². The minimum atomic E-state index is -3.00. The quantitative estimate of drug-likeness (QED) is 0.755. The van der Waals surface area contributed by atoms with Crippen LogP contribution >= 0.6 is 0 Å². The predicted octanol–water partition coefficient (Wildman–Crippen LogP) is 2.16. The Morgan fingerprint density at radius 1 is 1.19 bits per heavy atom. The van der Waals surface area contributed by atoms with Gasteiger partial charge in [-0.1, -0.05) is 0 Å². The van der Waals surface area contributed by atoms with E-state index in [1.54, 1.807) is 19.1 Å². The highest BCUT2D eigenvalue weighted by molar-refractivity contribution is 7.91. The van der Waals surface area contributed by atoms with Crippen molar-refractivity contribution in [2.45, 2.75) is 44.6 Å². The Morgan fingerprint density at radius 2 is 1.88 bits per heavy atom. The minimum absolute atomic E-state index is 0.0437. The van der Waals surface area contributed by atoms with Crippen LogP contribution in [0.4, 0.5) is 0 Å². The van der Waals surface area contributed by atoms with E-state index in [4.69, 9.17) is 9.47 Å². The fourth-order valence-corrected chi connectivity index (χ4v) is 5.95. The highest BCUT2D eigenvalue weighted by Crippen LogP contribution is 2.42. The Bertz CT molecular complexity index is 789. The highest BCUT2D eigenvalue weighted by atomic mass is 32.2. The van der Waals surface area contributed by atoms with Gasteiger partial charge >= 0.3 is 0 Å². The molecule has 3 rings (SSSR count). The first-order valence-corrected chi connectivity index (χ1v) is 10.9. The number of carbonyl (C=O) groups excluding carboxylic acids is 1. The average Bonchev–Trinajstić information content (AvgIpc) is 3.17. The van der Waals surface area contributed by atoms with Gasteiger partial charge in [0.1, 0.15) is 0 Å². The molecule has 1 amide bonds. The average molecular weight is 381 g/mol. The van der Waals surface area contributed by atoms with Gasteiger partial charge in [0.25, 0.3) is 0 Å². The molecule has 6 nitrogen and oxygen atoms in total. The van der Waals surface area contributed by atoms with Crippen molar-refractivity contribution in [2.24, 2.45) is 0 Å². The number of ether oxygens (including phenoxy) is 2. The monoisotopic (exact) mass is 381 g/mol. The van der Waals surface area contributed by atoms with Crippen LogP contribution in [-0.4, -0.2) is 57.5 Å². The lowest BCUT2D eigenvalue weighted by atomic mass is 9.96. The summed E-state index contributed by atoms with van der Waals surface area (Å²) in [6, 6.07) is 3.80. The van der Waals surface area contributed by atoms with Gasteiger partial charge in [-0.15, -0.1) is 0 Å². The van der Waals surface area contributed by atoms with Crippen LogP contribution in [0.5, 0.6) is 11.5 Å². The summed E-state index contributed by atoms with van der Waals surface area (Å²) in [6.07, 6.45) is 2.79. The van der Waals surface area contributed by atoms with Crippen LogP contribution in [0.1, 0.15) is 43.2 Å². The molecule has 0 N–H and O–H groups in total. The summed E-state index contributed by atoms with van der Waals surface area (Å²) in [5.41, 5.74) is 2.35. The number of nitrogens with zero attached hydrogens (tertiary/aromatic N) is 1. The zero-order valence-electron chi connectivity index (χ0n) is 15.7. The summed E-state index contributed by atoms with van der Waals surface area (Å²) in [4.78, 5) is 14.6. The Balaban J connectivity index is 1.75. The molecule has 2 aliphatic rings. The standard InChI is InChI=1S/C19H27NO5S/c1-4-20(15-7-8-26(22,23)12-15)19(21)10-14-6-5-13-9-17(24-2)18(25-3)11-16(13)14/h9,11,14-15H,4-8,10,12H2,1-3H3. The van der Waals surface area contributed by atoms with Crippen LogP contribution in [0.2, 0.25) is 0 Å². The van der Waals surface area contributed by atoms with Crippen LogP contribution in [0.3, 0.4) is 0 Å². The third-order valence-corrected chi connectivity index (χ3v) is 7.33. The second kappa shape index (κ2) is 7.47. The number of methoxy groups -OCH3 is 2. The van der Waals surface area contributed by atoms with E-state index in [-0.39, 0.29) is 29.4 Å². The zero-order valence-corrected chi connectivity index (χ0v) is 16.5. The Kier molecular flexibility index (Phi) is 5.46. The van der Waals surface area contributed by atoms with E-state index < -0.39 is 9.84 Å². The Hall–Kier alpha value is -1.76. The van der Waals surface area contributed by atoms with Crippen LogP contribution in [0.25, 0.3) is 0 Å². The first kappa shape index (κ1) is 19.0. The Labute approximate surface area is 155 Å². The molecule has 1 aromatic carbocycles. The summed E-state index contributed by atoms with van der Waals surface area (Å²) in [6.45, 7) is 2.46. The number of carbonyl (C=O) groups is 1. The number of hydrogen-bond acceptors (Lipinski definition) is 5. The number of fused-ring (bicyclic) bond motifs is 1. The third-order valence-electron chi connectivity index (χ3n) is 5.58. The molecule has 1 aliphatic carbocycles. The van der Waals surface area contributed by atoms with Gasteiger partial charge in [0.2, 0.25) is 5.91 Å². The number of aryl methyl sites for hydroxylation is 1. The molecular weight excluding hydrogens is 354 g/mol. The van der Waals surface area contributed by atoms with Gasteiger partial charge in [-0.3, -0.25) is 4.79 Å². The lowest BCUT2D eigenvalue weighted by molar-refractivity contribution is -0.133. The molecule has 26 heavy (non-hydrogen) atoms. The number of benzene rings is 1. The lowest BCUT2D eigenvalue weighted by Crippen LogP contribution is -2.41. The van der Waals surface area contributed by atoms with Gasteiger partial charge in [-0.05, 0) is 55.4 Å². The summed E-state index contributed by atoms with van der Waals surface area (Å²) in [5, 5.41) is 0. The van der Waals surface area contributed by atoms with Crippen LogP contribution in [-0.2, 0) is 21.1 Å². The van der Waals surface area contributed by atoms with E-state index in [0.29, 0.717) is 30.9 Å². The molecule has 2 unspecified atom stereocenters. The fourth-order valence-electron chi connectivity index (χ4n) is 4.22.